The fourth-order valence-corrected chi connectivity index (χ4v) is 2.36. The van der Waals surface area contributed by atoms with E-state index < -0.39 is 35.4 Å². The molecule has 24 heavy (non-hydrogen) atoms. The van der Waals surface area contributed by atoms with Gasteiger partial charge in [-0.2, -0.15) is 0 Å². The van der Waals surface area contributed by atoms with E-state index in [0.717, 1.165) is 25.7 Å². The lowest BCUT2D eigenvalue weighted by atomic mass is 9.92. The van der Waals surface area contributed by atoms with Crippen LogP contribution in [0.1, 0.15) is 57.8 Å². The molecule has 0 rings (SSSR count). The zero-order valence-electron chi connectivity index (χ0n) is 13.4. The highest BCUT2D eigenvalue weighted by atomic mass is 16.4. The first-order chi connectivity index (χ1) is 11.3. The standard InChI is InChI=1S/C16H24O8/c17-13(18)9-7-5-3-1-2-4-6-8-11(15(21)22)12(16(23)24)10-14(19)20/h10-11H,1-9H2,(H,17,18)(H,19,20)(H,21,22)(H,23,24). The van der Waals surface area contributed by atoms with Gasteiger partial charge in [-0.3, -0.25) is 9.59 Å². The number of unbranched alkanes of at least 4 members (excludes halogenated alkanes) is 6. The van der Waals surface area contributed by atoms with Crippen molar-refractivity contribution in [2.75, 3.05) is 0 Å². The van der Waals surface area contributed by atoms with E-state index >= 15 is 0 Å². The fourth-order valence-electron chi connectivity index (χ4n) is 2.36. The van der Waals surface area contributed by atoms with Gasteiger partial charge in [0, 0.05) is 12.5 Å². The van der Waals surface area contributed by atoms with Crippen molar-refractivity contribution in [2.45, 2.75) is 57.8 Å². The van der Waals surface area contributed by atoms with Gasteiger partial charge < -0.3 is 20.4 Å². The van der Waals surface area contributed by atoms with E-state index in [4.69, 9.17) is 20.4 Å². The predicted molar refractivity (Wildman–Crippen MR) is 83.7 cm³/mol. The van der Waals surface area contributed by atoms with Crippen LogP contribution in [0.5, 0.6) is 0 Å². The van der Waals surface area contributed by atoms with Crippen molar-refractivity contribution in [1.29, 1.82) is 0 Å². The molecule has 0 heterocycles. The van der Waals surface area contributed by atoms with Crippen LogP contribution in [0.4, 0.5) is 0 Å². The Kier molecular flexibility index (Phi) is 10.9. The molecular weight excluding hydrogens is 320 g/mol. The Balaban J connectivity index is 4.15. The van der Waals surface area contributed by atoms with Crippen molar-refractivity contribution < 1.29 is 39.6 Å². The van der Waals surface area contributed by atoms with Crippen molar-refractivity contribution in [3.63, 3.8) is 0 Å². The Morgan fingerprint density at radius 1 is 0.750 bits per heavy atom. The number of rotatable bonds is 14. The summed E-state index contributed by atoms with van der Waals surface area (Å²) in [5, 5.41) is 35.2. The molecule has 0 spiro atoms. The first-order valence-electron chi connectivity index (χ1n) is 7.88. The van der Waals surface area contributed by atoms with Crippen molar-refractivity contribution in [3.05, 3.63) is 11.6 Å². The molecular formula is C16H24O8. The molecule has 8 heteroatoms. The van der Waals surface area contributed by atoms with Gasteiger partial charge in [-0.1, -0.05) is 38.5 Å². The van der Waals surface area contributed by atoms with E-state index in [9.17, 15) is 19.2 Å². The minimum absolute atomic E-state index is 0.0692. The number of carbonyl (C=O) groups is 4. The lowest BCUT2D eigenvalue weighted by Gasteiger charge is -2.12. The fraction of sp³-hybridized carbons (Fsp3) is 0.625. The van der Waals surface area contributed by atoms with Gasteiger partial charge in [0.15, 0.2) is 0 Å². The number of hydrogen-bond donors (Lipinski definition) is 4. The second-order valence-electron chi connectivity index (χ2n) is 5.54. The molecule has 136 valence electrons. The molecule has 0 saturated heterocycles. The topological polar surface area (TPSA) is 149 Å². The number of aliphatic carboxylic acids is 4. The smallest absolute Gasteiger partial charge is 0.332 e. The number of carboxylic acids is 4. The van der Waals surface area contributed by atoms with Crippen LogP contribution in [0.3, 0.4) is 0 Å². The minimum Gasteiger partial charge on any atom is -0.481 e. The van der Waals surface area contributed by atoms with E-state index in [-0.39, 0.29) is 12.8 Å². The van der Waals surface area contributed by atoms with Crippen molar-refractivity contribution in [1.82, 2.24) is 0 Å². The summed E-state index contributed by atoms with van der Waals surface area (Å²) in [4.78, 5) is 43.1. The molecule has 0 aliphatic carbocycles. The molecule has 0 fully saturated rings. The average molecular weight is 344 g/mol. The summed E-state index contributed by atoms with van der Waals surface area (Å²) in [7, 11) is 0. The van der Waals surface area contributed by atoms with Gasteiger partial charge in [0.2, 0.25) is 0 Å². The molecule has 1 atom stereocenters. The predicted octanol–water partition coefficient (Wildman–Crippen LogP) is 2.38. The summed E-state index contributed by atoms with van der Waals surface area (Å²) in [6.45, 7) is 0. The quantitative estimate of drug-likeness (QED) is 0.277. The molecule has 0 amide bonds. The zero-order valence-corrected chi connectivity index (χ0v) is 13.4. The van der Waals surface area contributed by atoms with Gasteiger partial charge in [-0.25, -0.2) is 9.59 Å². The van der Waals surface area contributed by atoms with Gasteiger partial charge >= 0.3 is 23.9 Å². The number of carboxylic acid groups (broad SMARTS) is 4. The van der Waals surface area contributed by atoms with Crippen LogP contribution in [-0.4, -0.2) is 44.3 Å². The summed E-state index contributed by atoms with van der Waals surface area (Å²) in [6, 6.07) is 0. The van der Waals surface area contributed by atoms with Gasteiger partial charge in [-0.05, 0) is 12.8 Å². The van der Waals surface area contributed by atoms with Crippen LogP contribution >= 0.6 is 0 Å². The summed E-state index contributed by atoms with van der Waals surface area (Å²) >= 11 is 0. The van der Waals surface area contributed by atoms with Crippen molar-refractivity contribution in [2.24, 2.45) is 5.92 Å². The van der Waals surface area contributed by atoms with Crippen LogP contribution in [-0.2, 0) is 19.2 Å². The molecule has 8 nitrogen and oxygen atoms in total. The second-order valence-corrected chi connectivity index (χ2v) is 5.54. The summed E-state index contributed by atoms with van der Waals surface area (Å²) in [6.07, 6.45) is 5.96. The van der Waals surface area contributed by atoms with Gasteiger partial charge in [0.25, 0.3) is 0 Å². The molecule has 0 radical (unpaired) electrons. The van der Waals surface area contributed by atoms with Gasteiger partial charge in [-0.15, -0.1) is 0 Å². The van der Waals surface area contributed by atoms with E-state index in [1.807, 2.05) is 0 Å². The maximum absolute atomic E-state index is 11.2. The first-order valence-corrected chi connectivity index (χ1v) is 7.88. The highest BCUT2D eigenvalue weighted by Gasteiger charge is 2.27. The van der Waals surface area contributed by atoms with Crippen LogP contribution in [0.25, 0.3) is 0 Å². The molecule has 0 aromatic rings. The summed E-state index contributed by atoms with van der Waals surface area (Å²) in [5.74, 6) is -6.52. The van der Waals surface area contributed by atoms with Crippen LogP contribution in [0, 0.1) is 5.92 Å². The molecule has 0 aliphatic rings. The number of hydrogen-bond acceptors (Lipinski definition) is 4. The first kappa shape index (κ1) is 21.6. The highest BCUT2D eigenvalue weighted by molar-refractivity contribution is 5.99. The lowest BCUT2D eigenvalue weighted by Crippen LogP contribution is -2.22. The Morgan fingerprint density at radius 2 is 1.25 bits per heavy atom. The third kappa shape index (κ3) is 10.4. The third-order valence-corrected chi connectivity index (χ3v) is 3.58. The molecule has 0 aliphatic heterocycles. The Labute approximate surface area is 139 Å². The van der Waals surface area contributed by atoms with E-state index in [1.54, 1.807) is 0 Å². The van der Waals surface area contributed by atoms with Crippen LogP contribution in [0.2, 0.25) is 0 Å². The monoisotopic (exact) mass is 344 g/mol. The molecule has 1 unspecified atom stereocenters. The molecule has 0 saturated carbocycles. The summed E-state index contributed by atoms with van der Waals surface area (Å²) < 4.78 is 0. The lowest BCUT2D eigenvalue weighted by molar-refractivity contribution is -0.144. The maximum atomic E-state index is 11.2. The van der Waals surface area contributed by atoms with Crippen LogP contribution in [0.15, 0.2) is 11.6 Å². The van der Waals surface area contributed by atoms with E-state index in [0.29, 0.717) is 25.3 Å². The Hall–Kier alpha value is -2.38. The normalized spacial score (nSPS) is 12.6. The van der Waals surface area contributed by atoms with E-state index in [1.165, 1.54) is 0 Å². The molecule has 0 bridgehead atoms. The SMILES string of the molecule is O=C(O)C=C(C(=O)O)C(CCCCCCCCCC(=O)O)C(=O)O. The zero-order chi connectivity index (χ0) is 18.5. The largest absolute Gasteiger partial charge is 0.481 e. The maximum Gasteiger partial charge on any atom is 0.332 e. The van der Waals surface area contributed by atoms with E-state index in [2.05, 4.69) is 0 Å². The third-order valence-electron chi connectivity index (χ3n) is 3.58. The Morgan fingerprint density at radius 3 is 1.67 bits per heavy atom. The van der Waals surface area contributed by atoms with Crippen LogP contribution < -0.4 is 0 Å². The molecule has 0 aromatic carbocycles. The minimum atomic E-state index is -1.54. The molecule has 0 aromatic heterocycles. The average Bonchev–Trinajstić information content (AvgIpc) is 2.46. The Bertz CT molecular complexity index is 480. The van der Waals surface area contributed by atoms with Gasteiger partial charge in [0.05, 0.1) is 11.5 Å². The highest BCUT2D eigenvalue weighted by Crippen LogP contribution is 2.20. The van der Waals surface area contributed by atoms with Crippen molar-refractivity contribution in [3.8, 4) is 0 Å². The second kappa shape index (κ2) is 12.1. The van der Waals surface area contributed by atoms with Crippen molar-refractivity contribution >= 4 is 23.9 Å². The van der Waals surface area contributed by atoms with Gasteiger partial charge in [0.1, 0.15) is 0 Å². The molecule has 4 N–H and O–H groups in total. The summed E-state index contributed by atoms with van der Waals surface area (Å²) in [5.41, 5.74) is -0.622.